The summed E-state index contributed by atoms with van der Waals surface area (Å²) >= 11 is 5.41. The van der Waals surface area contributed by atoms with Crippen molar-refractivity contribution in [3.8, 4) is 0 Å². The predicted octanol–water partition coefficient (Wildman–Crippen LogP) is 3.57. The first-order chi connectivity index (χ1) is 12.4. The summed E-state index contributed by atoms with van der Waals surface area (Å²) in [4.78, 5) is 16.4. The highest BCUT2D eigenvalue weighted by Crippen LogP contribution is 2.57. The van der Waals surface area contributed by atoms with Gasteiger partial charge in [0.15, 0.2) is 0 Å². The van der Waals surface area contributed by atoms with Crippen molar-refractivity contribution in [3.63, 3.8) is 0 Å². The Balaban J connectivity index is 2.79. The molecule has 1 unspecified atom stereocenters. The van der Waals surface area contributed by atoms with Gasteiger partial charge in [0, 0.05) is 0 Å². The molecule has 1 rings (SSSR count). The van der Waals surface area contributed by atoms with Crippen LogP contribution >= 0.6 is 18.4 Å². The van der Waals surface area contributed by atoms with Crippen molar-refractivity contribution in [2.24, 2.45) is 5.16 Å². The van der Waals surface area contributed by atoms with E-state index in [-0.39, 0.29) is 11.9 Å². The SMILES string of the molecule is CCOP(=S)(OCC)N(C1CCCC1)[S+]([O-])CNC(=O)ON=C(C)SC. The molecule has 0 aromatic carbocycles. The third-order valence-electron chi connectivity index (χ3n) is 3.56. The van der Waals surface area contributed by atoms with Crippen LogP contribution in [-0.2, 0) is 37.1 Å². The summed E-state index contributed by atoms with van der Waals surface area (Å²) < 4.78 is 26.1. The van der Waals surface area contributed by atoms with Gasteiger partial charge in [-0.25, -0.2) is 4.79 Å². The lowest BCUT2D eigenvalue weighted by Gasteiger charge is -2.36. The first kappa shape index (κ1) is 24.2. The molecule has 12 heteroatoms. The highest BCUT2D eigenvalue weighted by molar-refractivity contribution is 8.13. The molecule has 0 saturated heterocycles. The second-order valence-electron chi connectivity index (χ2n) is 5.38. The Kier molecular flexibility index (Phi) is 11.7. The van der Waals surface area contributed by atoms with Crippen LogP contribution in [0.1, 0.15) is 46.5 Å². The summed E-state index contributed by atoms with van der Waals surface area (Å²) in [5.74, 6) is -0.137. The maximum atomic E-state index is 13.0. The molecule has 1 aliphatic rings. The molecule has 0 aliphatic heterocycles. The van der Waals surface area contributed by atoms with E-state index in [0.29, 0.717) is 18.3 Å². The smallest absolute Gasteiger partial charge is 0.437 e. The van der Waals surface area contributed by atoms with E-state index in [9.17, 15) is 9.35 Å². The van der Waals surface area contributed by atoms with Gasteiger partial charge >= 0.3 is 12.7 Å². The quantitative estimate of drug-likeness (QED) is 0.136. The van der Waals surface area contributed by atoms with E-state index in [0.717, 1.165) is 25.7 Å². The normalized spacial score (nSPS) is 17.5. The molecule has 0 heterocycles. The van der Waals surface area contributed by atoms with E-state index < -0.39 is 24.1 Å². The van der Waals surface area contributed by atoms with Crippen molar-refractivity contribution in [1.29, 1.82) is 0 Å². The minimum Gasteiger partial charge on any atom is -0.596 e. The Hall–Kier alpha value is 0.130. The van der Waals surface area contributed by atoms with Gasteiger partial charge in [0.2, 0.25) is 5.88 Å². The van der Waals surface area contributed by atoms with Gasteiger partial charge in [0.25, 0.3) is 0 Å². The van der Waals surface area contributed by atoms with E-state index in [1.807, 2.05) is 20.1 Å². The van der Waals surface area contributed by atoms with Gasteiger partial charge in [0.05, 0.1) is 30.6 Å². The van der Waals surface area contributed by atoms with Crippen LogP contribution in [0.15, 0.2) is 5.16 Å². The first-order valence-electron chi connectivity index (χ1n) is 8.48. The van der Waals surface area contributed by atoms with Crippen molar-refractivity contribution in [1.82, 2.24) is 9.39 Å². The van der Waals surface area contributed by atoms with Gasteiger partial charge in [-0.1, -0.05) is 18.0 Å². The summed E-state index contributed by atoms with van der Waals surface area (Å²) in [6, 6.07) is 0.0225. The molecule has 0 aromatic heterocycles. The number of hydrogen-bond donors (Lipinski definition) is 1. The summed E-state index contributed by atoms with van der Waals surface area (Å²) in [5, 5.41) is 6.71. The predicted molar refractivity (Wildman–Crippen MR) is 111 cm³/mol. The molecule has 1 amide bonds. The van der Waals surface area contributed by atoms with Crippen LogP contribution in [0, 0.1) is 0 Å². The molecule has 8 nitrogen and oxygen atoms in total. The first-order valence-corrected chi connectivity index (χ1v) is 13.6. The summed E-state index contributed by atoms with van der Waals surface area (Å²) in [6.07, 6.45) is 4.91. The molecule has 1 saturated carbocycles. The molecule has 0 radical (unpaired) electrons. The van der Waals surface area contributed by atoms with Crippen LogP contribution in [-0.4, -0.2) is 51.2 Å². The van der Waals surface area contributed by atoms with E-state index >= 15 is 0 Å². The lowest BCUT2D eigenvalue weighted by atomic mass is 10.3. The molecule has 1 atom stereocenters. The van der Waals surface area contributed by atoms with Crippen LogP contribution in [0.3, 0.4) is 0 Å². The molecule has 1 aliphatic carbocycles. The summed E-state index contributed by atoms with van der Waals surface area (Å²) in [7, 11) is 0. The average molecular weight is 446 g/mol. The standard InChI is InChI=1S/C14H28N3O5PS3/c1-5-20-23(24,21-6-2)17(13-9-7-8-10-13)26(19)11-15-14(18)22-16-12(3)25-4/h13H,5-11H2,1-4H3,(H,15,18). The lowest BCUT2D eigenvalue weighted by Crippen LogP contribution is -2.43. The molecular weight excluding hydrogens is 417 g/mol. The number of carbonyl (C=O) groups excluding carboxylic acids is 1. The molecule has 26 heavy (non-hydrogen) atoms. The topological polar surface area (TPSA) is 95.5 Å². The minimum absolute atomic E-state index is 0.0225. The summed E-state index contributed by atoms with van der Waals surface area (Å²) in [5.41, 5.74) is 0. The second-order valence-corrected chi connectivity index (χ2v) is 11.2. The molecule has 1 N–H and O–H groups in total. The van der Waals surface area contributed by atoms with Crippen molar-refractivity contribution >= 4 is 52.7 Å². The number of oxime groups is 1. The number of carbonyl (C=O) groups is 1. The third kappa shape index (κ3) is 7.63. The van der Waals surface area contributed by atoms with Gasteiger partial charge in [-0.2, -0.15) is 0 Å². The Morgan fingerprint density at radius 1 is 1.38 bits per heavy atom. The highest BCUT2D eigenvalue weighted by atomic mass is 32.5. The summed E-state index contributed by atoms with van der Waals surface area (Å²) in [6.45, 7) is 3.24. The van der Waals surface area contributed by atoms with Gasteiger partial charge in [-0.15, -0.1) is 11.8 Å². The Labute approximate surface area is 168 Å². The number of hydrogen-bond acceptors (Lipinski definition) is 8. The number of amides is 1. The molecule has 152 valence electrons. The number of thioether (sulfide) groups is 1. The fraction of sp³-hybridized carbons (Fsp3) is 0.857. The second kappa shape index (κ2) is 12.6. The Morgan fingerprint density at radius 2 is 1.96 bits per heavy atom. The maximum Gasteiger partial charge on any atom is 0.437 e. The molecule has 0 aromatic rings. The van der Waals surface area contributed by atoms with Gasteiger partial charge in [-0.05, 0) is 55.8 Å². The zero-order valence-electron chi connectivity index (χ0n) is 15.6. The number of rotatable bonds is 10. The maximum absolute atomic E-state index is 13.0. The number of nitrogens with one attached hydrogen (secondary N) is 1. The van der Waals surface area contributed by atoms with Gasteiger partial charge < -0.3 is 13.6 Å². The molecule has 0 bridgehead atoms. The van der Waals surface area contributed by atoms with Crippen LogP contribution in [0.25, 0.3) is 0 Å². The fourth-order valence-corrected chi connectivity index (χ4v) is 8.11. The van der Waals surface area contributed by atoms with Gasteiger partial charge in [0.1, 0.15) is 5.04 Å². The Morgan fingerprint density at radius 3 is 2.46 bits per heavy atom. The van der Waals surface area contributed by atoms with E-state index in [2.05, 4.69) is 10.5 Å². The minimum atomic E-state index is -2.89. The molecule has 0 spiro atoms. The van der Waals surface area contributed by atoms with Crippen LogP contribution in [0.2, 0.25) is 0 Å². The highest BCUT2D eigenvalue weighted by Gasteiger charge is 2.44. The molecule has 1 fully saturated rings. The van der Waals surface area contributed by atoms with Crippen LogP contribution in [0.5, 0.6) is 0 Å². The van der Waals surface area contributed by atoms with Crippen molar-refractivity contribution in [2.75, 3.05) is 25.3 Å². The third-order valence-corrected chi connectivity index (χ3v) is 9.98. The molecular formula is C14H28N3O5PS3. The Bertz CT molecular complexity index is 510. The van der Waals surface area contributed by atoms with E-state index in [4.69, 9.17) is 25.7 Å². The van der Waals surface area contributed by atoms with Crippen LogP contribution in [0.4, 0.5) is 4.79 Å². The zero-order chi connectivity index (χ0) is 19.6. The largest absolute Gasteiger partial charge is 0.596 e. The average Bonchev–Trinajstić information content (AvgIpc) is 3.12. The van der Waals surface area contributed by atoms with Gasteiger partial charge in [-0.3, -0.25) is 10.2 Å². The van der Waals surface area contributed by atoms with E-state index in [1.54, 1.807) is 11.0 Å². The monoisotopic (exact) mass is 445 g/mol. The van der Waals surface area contributed by atoms with E-state index in [1.165, 1.54) is 11.8 Å². The van der Waals surface area contributed by atoms with Crippen molar-refractivity contribution < 1.29 is 23.2 Å². The number of nitrogens with zero attached hydrogens (tertiary/aromatic N) is 2. The fourth-order valence-electron chi connectivity index (χ4n) is 2.44. The lowest BCUT2D eigenvalue weighted by molar-refractivity contribution is 0.152. The zero-order valence-corrected chi connectivity index (χ0v) is 19.0. The van der Waals surface area contributed by atoms with Crippen LogP contribution < -0.4 is 5.32 Å². The van der Waals surface area contributed by atoms with Crippen molar-refractivity contribution in [3.05, 3.63) is 0 Å². The van der Waals surface area contributed by atoms with Crippen molar-refractivity contribution in [2.45, 2.75) is 52.5 Å².